The molecule has 0 atom stereocenters. The van der Waals surface area contributed by atoms with Crippen molar-refractivity contribution >= 4 is 22.8 Å². The lowest BCUT2D eigenvalue weighted by molar-refractivity contribution is 0.100. The highest BCUT2D eigenvalue weighted by Gasteiger charge is 2.16. The van der Waals surface area contributed by atoms with Gasteiger partial charge in [-0.05, 0) is 18.6 Å². The number of primary amides is 1. The number of fused-ring (bicyclic) bond motifs is 1. The Bertz CT molecular complexity index is 1120. The minimum absolute atomic E-state index is 0.350. The van der Waals surface area contributed by atoms with Crippen molar-refractivity contribution in [3.05, 3.63) is 65.5 Å². The molecule has 0 spiro atoms. The van der Waals surface area contributed by atoms with Crippen molar-refractivity contribution < 1.29 is 4.79 Å². The number of para-hydroxylation sites is 1. The summed E-state index contributed by atoms with van der Waals surface area (Å²) in [5.41, 5.74) is 8.01. The molecule has 2 aromatic heterocycles. The summed E-state index contributed by atoms with van der Waals surface area (Å²) in [4.78, 5) is 24.9. The molecule has 27 heavy (non-hydrogen) atoms. The summed E-state index contributed by atoms with van der Waals surface area (Å²) in [6, 6.07) is 15.2. The zero-order chi connectivity index (χ0) is 18.8. The molecule has 8 nitrogen and oxygen atoms in total. The Morgan fingerprint density at radius 2 is 1.89 bits per heavy atom. The highest BCUT2D eigenvalue weighted by Crippen LogP contribution is 2.26. The standard InChI is InChI=1S/C19H17N7O/c1-11-22-18(24-19(23-11)21-10-12-6-3-2-4-7-12)16-13-8-5-9-14(17(20)27)15(13)25-26-16/h2-9H,10H2,1H3,(H2,20,27)(H,25,26)(H,21,22,23,24). The Labute approximate surface area is 154 Å². The number of carbonyl (C=O) groups is 1. The first-order valence-electron chi connectivity index (χ1n) is 8.39. The lowest BCUT2D eigenvalue weighted by atomic mass is 10.1. The van der Waals surface area contributed by atoms with E-state index >= 15 is 0 Å². The van der Waals surface area contributed by atoms with E-state index in [-0.39, 0.29) is 0 Å². The highest BCUT2D eigenvalue weighted by molar-refractivity contribution is 6.07. The number of nitrogens with one attached hydrogen (secondary N) is 2. The molecule has 4 N–H and O–H groups in total. The number of benzene rings is 2. The van der Waals surface area contributed by atoms with Gasteiger partial charge in [-0.3, -0.25) is 9.89 Å². The lowest BCUT2D eigenvalue weighted by Crippen LogP contribution is -2.11. The minimum atomic E-state index is -0.532. The van der Waals surface area contributed by atoms with E-state index in [9.17, 15) is 4.79 Å². The summed E-state index contributed by atoms with van der Waals surface area (Å²) < 4.78 is 0. The van der Waals surface area contributed by atoms with Crippen LogP contribution >= 0.6 is 0 Å². The van der Waals surface area contributed by atoms with Crippen molar-refractivity contribution in [2.45, 2.75) is 13.5 Å². The maximum Gasteiger partial charge on any atom is 0.250 e. The molecule has 1 amide bonds. The molecule has 2 heterocycles. The van der Waals surface area contributed by atoms with Gasteiger partial charge in [-0.25, -0.2) is 4.98 Å². The van der Waals surface area contributed by atoms with Crippen molar-refractivity contribution in [1.29, 1.82) is 0 Å². The van der Waals surface area contributed by atoms with Gasteiger partial charge in [0.05, 0.1) is 5.56 Å². The summed E-state index contributed by atoms with van der Waals surface area (Å²) in [5.74, 6) is 0.956. The third kappa shape index (κ3) is 3.32. The summed E-state index contributed by atoms with van der Waals surface area (Å²) in [5, 5.41) is 11.1. The number of aryl methyl sites for hydroxylation is 1. The summed E-state index contributed by atoms with van der Waals surface area (Å²) in [6.07, 6.45) is 0. The molecule has 0 fully saturated rings. The minimum Gasteiger partial charge on any atom is -0.366 e. The van der Waals surface area contributed by atoms with Gasteiger partial charge in [0.15, 0.2) is 5.82 Å². The van der Waals surface area contributed by atoms with Crippen LogP contribution < -0.4 is 11.1 Å². The molecule has 0 bridgehead atoms. The summed E-state index contributed by atoms with van der Waals surface area (Å²) in [6.45, 7) is 2.39. The Balaban J connectivity index is 1.70. The molecular formula is C19H17N7O. The SMILES string of the molecule is Cc1nc(NCc2ccccc2)nc(-c2[nH]nc3c(C(N)=O)cccc23)n1. The van der Waals surface area contributed by atoms with E-state index in [1.54, 1.807) is 19.1 Å². The second-order valence-electron chi connectivity index (χ2n) is 6.03. The molecule has 8 heteroatoms. The van der Waals surface area contributed by atoms with Crippen LogP contribution in [0, 0.1) is 6.92 Å². The Morgan fingerprint density at radius 1 is 1.07 bits per heavy atom. The molecular weight excluding hydrogens is 342 g/mol. The fourth-order valence-corrected chi connectivity index (χ4v) is 2.86. The van der Waals surface area contributed by atoms with Gasteiger partial charge in [-0.15, -0.1) is 0 Å². The number of rotatable bonds is 5. The van der Waals surface area contributed by atoms with Gasteiger partial charge in [0.1, 0.15) is 17.0 Å². The van der Waals surface area contributed by atoms with Crippen LogP contribution in [0.1, 0.15) is 21.7 Å². The van der Waals surface area contributed by atoms with Crippen LogP contribution in [0.2, 0.25) is 0 Å². The molecule has 0 aliphatic carbocycles. The zero-order valence-electron chi connectivity index (χ0n) is 14.6. The van der Waals surface area contributed by atoms with Gasteiger partial charge in [0.2, 0.25) is 5.95 Å². The fraction of sp³-hybridized carbons (Fsp3) is 0.105. The molecule has 0 aliphatic heterocycles. The molecule has 0 radical (unpaired) electrons. The van der Waals surface area contributed by atoms with Gasteiger partial charge in [-0.2, -0.15) is 15.1 Å². The number of hydrogen-bond acceptors (Lipinski definition) is 6. The van der Waals surface area contributed by atoms with E-state index in [4.69, 9.17) is 5.73 Å². The number of nitrogens with zero attached hydrogens (tertiary/aromatic N) is 4. The van der Waals surface area contributed by atoms with Crippen molar-refractivity contribution in [2.24, 2.45) is 5.73 Å². The first-order chi connectivity index (χ1) is 13.1. The van der Waals surface area contributed by atoms with Crippen LogP contribution in [0.25, 0.3) is 22.4 Å². The molecule has 4 rings (SSSR count). The van der Waals surface area contributed by atoms with E-state index in [1.807, 2.05) is 36.4 Å². The number of nitrogens with two attached hydrogens (primary N) is 1. The van der Waals surface area contributed by atoms with Crippen LogP contribution in [-0.2, 0) is 6.54 Å². The van der Waals surface area contributed by atoms with Crippen LogP contribution in [0.4, 0.5) is 5.95 Å². The van der Waals surface area contributed by atoms with Gasteiger partial charge in [0, 0.05) is 11.9 Å². The van der Waals surface area contributed by atoms with Gasteiger partial charge in [0.25, 0.3) is 5.91 Å². The van der Waals surface area contributed by atoms with E-state index in [0.717, 1.165) is 10.9 Å². The first kappa shape index (κ1) is 16.6. The van der Waals surface area contributed by atoms with E-state index in [2.05, 4.69) is 30.5 Å². The van der Waals surface area contributed by atoms with Gasteiger partial charge < -0.3 is 11.1 Å². The quantitative estimate of drug-likeness (QED) is 0.503. The fourth-order valence-electron chi connectivity index (χ4n) is 2.86. The predicted molar refractivity (Wildman–Crippen MR) is 102 cm³/mol. The van der Waals surface area contributed by atoms with Crippen molar-refractivity contribution in [3.63, 3.8) is 0 Å². The highest BCUT2D eigenvalue weighted by atomic mass is 16.1. The molecule has 0 aliphatic rings. The monoisotopic (exact) mass is 359 g/mol. The zero-order valence-corrected chi connectivity index (χ0v) is 14.6. The number of carbonyl (C=O) groups excluding carboxylic acids is 1. The molecule has 0 saturated carbocycles. The van der Waals surface area contributed by atoms with Gasteiger partial charge >= 0.3 is 0 Å². The number of anilines is 1. The van der Waals surface area contributed by atoms with Crippen LogP contribution in [0.5, 0.6) is 0 Å². The van der Waals surface area contributed by atoms with Crippen LogP contribution in [0.3, 0.4) is 0 Å². The Morgan fingerprint density at radius 3 is 2.67 bits per heavy atom. The largest absolute Gasteiger partial charge is 0.366 e. The lowest BCUT2D eigenvalue weighted by Gasteiger charge is -2.07. The van der Waals surface area contributed by atoms with E-state index in [1.165, 1.54) is 0 Å². The number of H-pyrrole nitrogens is 1. The smallest absolute Gasteiger partial charge is 0.250 e. The second-order valence-corrected chi connectivity index (χ2v) is 6.03. The molecule has 4 aromatic rings. The third-order valence-corrected chi connectivity index (χ3v) is 4.11. The van der Waals surface area contributed by atoms with Crippen molar-refractivity contribution in [1.82, 2.24) is 25.1 Å². The topological polar surface area (TPSA) is 122 Å². The average Bonchev–Trinajstić information content (AvgIpc) is 3.11. The van der Waals surface area contributed by atoms with Crippen LogP contribution in [-0.4, -0.2) is 31.1 Å². The van der Waals surface area contributed by atoms with Crippen molar-refractivity contribution in [2.75, 3.05) is 5.32 Å². The molecule has 0 saturated heterocycles. The number of amides is 1. The van der Waals surface area contributed by atoms with E-state index < -0.39 is 5.91 Å². The number of aromatic nitrogens is 5. The first-order valence-corrected chi connectivity index (χ1v) is 8.39. The Kier molecular flexibility index (Phi) is 4.21. The average molecular weight is 359 g/mol. The molecule has 0 unspecified atom stereocenters. The summed E-state index contributed by atoms with van der Waals surface area (Å²) >= 11 is 0. The van der Waals surface area contributed by atoms with Crippen LogP contribution in [0.15, 0.2) is 48.5 Å². The summed E-state index contributed by atoms with van der Waals surface area (Å²) in [7, 11) is 0. The number of aromatic amines is 1. The maximum atomic E-state index is 11.6. The molecule has 2 aromatic carbocycles. The second kappa shape index (κ2) is 6.83. The van der Waals surface area contributed by atoms with Gasteiger partial charge in [-0.1, -0.05) is 42.5 Å². The third-order valence-electron chi connectivity index (χ3n) is 4.11. The molecule has 134 valence electrons. The number of hydrogen-bond donors (Lipinski definition) is 3. The van der Waals surface area contributed by atoms with Crippen molar-refractivity contribution in [3.8, 4) is 11.5 Å². The maximum absolute atomic E-state index is 11.6. The Hall–Kier alpha value is -3.81. The predicted octanol–water partition coefficient (Wildman–Crippen LogP) is 2.43. The normalized spacial score (nSPS) is 10.9. The van der Waals surface area contributed by atoms with E-state index in [0.29, 0.717) is 40.9 Å².